The lowest BCUT2D eigenvalue weighted by molar-refractivity contribution is -0.129. The van der Waals surface area contributed by atoms with Crippen LogP contribution in [-0.4, -0.2) is 31.1 Å². The molecule has 2 heterocycles. The van der Waals surface area contributed by atoms with Crippen LogP contribution in [0, 0.1) is 0 Å². The molecule has 0 bridgehead atoms. The number of carbonyl (C=O) groups excluding carboxylic acids is 2. The minimum Gasteiger partial charge on any atom is -0.467 e. The molecule has 2 rings (SSSR count). The first-order chi connectivity index (χ1) is 9.24. The Morgan fingerprint density at radius 2 is 2.16 bits per heavy atom. The maximum atomic E-state index is 11.5. The highest BCUT2D eigenvalue weighted by molar-refractivity contribution is 5.96. The van der Waals surface area contributed by atoms with Crippen molar-refractivity contribution < 1.29 is 18.7 Å². The predicted octanol–water partition coefficient (Wildman–Crippen LogP) is 0.581. The van der Waals surface area contributed by atoms with Crippen molar-refractivity contribution in [2.45, 2.75) is 31.9 Å². The van der Waals surface area contributed by atoms with Gasteiger partial charge in [0.2, 0.25) is 11.8 Å². The molecule has 2 N–H and O–H groups in total. The SMILES string of the molecule is O=C(CC(=O)NCC1CCCO1)NCc1ccco1. The minimum atomic E-state index is -0.318. The Balaban J connectivity index is 1.59. The summed E-state index contributed by atoms with van der Waals surface area (Å²) in [5.74, 6) is 0.0572. The molecule has 1 aliphatic heterocycles. The van der Waals surface area contributed by atoms with Gasteiger partial charge in [-0.15, -0.1) is 0 Å². The largest absolute Gasteiger partial charge is 0.467 e. The number of furan rings is 1. The van der Waals surface area contributed by atoms with Gasteiger partial charge in [0.15, 0.2) is 0 Å². The summed E-state index contributed by atoms with van der Waals surface area (Å²) in [7, 11) is 0. The smallest absolute Gasteiger partial charge is 0.229 e. The van der Waals surface area contributed by atoms with E-state index in [1.165, 1.54) is 6.26 Å². The fourth-order valence-corrected chi connectivity index (χ4v) is 1.90. The van der Waals surface area contributed by atoms with Crippen molar-refractivity contribution in [3.8, 4) is 0 Å². The zero-order valence-corrected chi connectivity index (χ0v) is 10.7. The van der Waals surface area contributed by atoms with Crippen LogP contribution >= 0.6 is 0 Å². The van der Waals surface area contributed by atoms with Crippen LogP contribution in [0.5, 0.6) is 0 Å². The maximum absolute atomic E-state index is 11.5. The second kappa shape index (κ2) is 6.94. The van der Waals surface area contributed by atoms with Gasteiger partial charge in [0, 0.05) is 13.2 Å². The van der Waals surface area contributed by atoms with E-state index in [1.807, 2.05) is 0 Å². The Bertz CT molecular complexity index is 410. The molecule has 0 spiro atoms. The van der Waals surface area contributed by atoms with Crippen LogP contribution in [0.15, 0.2) is 22.8 Å². The summed E-state index contributed by atoms with van der Waals surface area (Å²) in [5, 5.41) is 5.32. The number of carbonyl (C=O) groups is 2. The normalized spacial score (nSPS) is 18.2. The molecule has 6 nitrogen and oxygen atoms in total. The lowest BCUT2D eigenvalue weighted by atomic mass is 10.2. The van der Waals surface area contributed by atoms with Crippen LogP contribution in [0.3, 0.4) is 0 Å². The fraction of sp³-hybridized carbons (Fsp3) is 0.538. The van der Waals surface area contributed by atoms with E-state index in [0.717, 1.165) is 19.4 Å². The number of nitrogens with one attached hydrogen (secondary N) is 2. The lowest BCUT2D eigenvalue weighted by Crippen LogP contribution is -2.35. The summed E-state index contributed by atoms with van der Waals surface area (Å²) in [5.41, 5.74) is 0. The van der Waals surface area contributed by atoms with Crippen molar-refractivity contribution in [1.29, 1.82) is 0 Å². The van der Waals surface area contributed by atoms with Crippen molar-refractivity contribution in [2.24, 2.45) is 0 Å². The highest BCUT2D eigenvalue weighted by atomic mass is 16.5. The van der Waals surface area contributed by atoms with Crippen LogP contribution < -0.4 is 10.6 Å². The van der Waals surface area contributed by atoms with Gasteiger partial charge in [-0.05, 0) is 25.0 Å². The molecule has 1 saturated heterocycles. The van der Waals surface area contributed by atoms with Gasteiger partial charge >= 0.3 is 0 Å². The van der Waals surface area contributed by atoms with Gasteiger partial charge in [-0.1, -0.05) is 0 Å². The van der Waals surface area contributed by atoms with E-state index in [9.17, 15) is 9.59 Å². The van der Waals surface area contributed by atoms with Crippen LogP contribution in [0.2, 0.25) is 0 Å². The summed E-state index contributed by atoms with van der Waals surface area (Å²) in [6.07, 6.45) is 3.45. The third-order valence-electron chi connectivity index (χ3n) is 2.91. The number of hydrogen-bond acceptors (Lipinski definition) is 4. The molecule has 104 valence electrons. The van der Waals surface area contributed by atoms with Crippen LogP contribution in [0.1, 0.15) is 25.0 Å². The van der Waals surface area contributed by atoms with E-state index >= 15 is 0 Å². The maximum Gasteiger partial charge on any atom is 0.229 e. The van der Waals surface area contributed by atoms with Crippen LogP contribution in [0.25, 0.3) is 0 Å². The van der Waals surface area contributed by atoms with E-state index in [1.54, 1.807) is 12.1 Å². The third-order valence-corrected chi connectivity index (χ3v) is 2.91. The molecule has 19 heavy (non-hydrogen) atoms. The quantitative estimate of drug-likeness (QED) is 0.738. The van der Waals surface area contributed by atoms with Crippen molar-refractivity contribution in [3.05, 3.63) is 24.2 Å². The molecule has 0 aromatic carbocycles. The fourth-order valence-electron chi connectivity index (χ4n) is 1.90. The Kier molecular flexibility index (Phi) is 4.97. The van der Waals surface area contributed by atoms with Gasteiger partial charge in [0.1, 0.15) is 12.2 Å². The van der Waals surface area contributed by atoms with Crippen molar-refractivity contribution >= 4 is 11.8 Å². The van der Waals surface area contributed by atoms with Crippen molar-refractivity contribution in [3.63, 3.8) is 0 Å². The predicted molar refractivity (Wildman–Crippen MR) is 67.2 cm³/mol. The van der Waals surface area contributed by atoms with E-state index in [4.69, 9.17) is 9.15 Å². The van der Waals surface area contributed by atoms with Gasteiger partial charge < -0.3 is 19.8 Å². The Morgan fingerprint density at radius 1 is 1.32 bits per heavy atom. The van der Waals surface area contributed by atoms with E-state index < -0.39 is 0 Å². The molecule has 0 saturated carbocycles. The van der Waals surface area contributed by atoms with Gasteiger partial charge in [-0.2, -0.15) is 0 Å². The molecule has 1 fully saturated rings. The standard InChI is InChI=1S/C13H18N2O4/c16-12(14-8-10-3-1-5-18-10)7-13(17)15-9-11-4-2-6-19-11/h1,3,5,11H,2,4,6-9H2,(H,14,16)(H,15,17). The number of hydrogen-bond donors (Lipinski definition) is 2. The average molecular weight is 266 g/mol. The molecule has 1 aromatic heterocycles. The third kappa shape index (κ3) is 4.75. The van der Waals surface area contributed by atoms with Gasteiger partial charge in [0.25, 0.3) is 0 Å². The zero-order chi connectivity index (χ0) is 13.5. The van der Waals surface area contributed by atoms with Gasteiger partial charge in [-0.25, -0.2) is 0 Å². The first kappa shape index (κ1) is 13.6. The Hall–Kier alpha value is -1.82. The van der Waals surface area contributed by atoms with E-state index in [2.05, 4.69) is 10.6 Å². The zero-order valence-electron chi connectivity index (χ0n) is 10.7. The molecule has 6 heteroatoms. The number of ether oxygens (including phenoxy) is 1. The molecular formula is C13H18N2O4. The monoisotopic (exact) mass is 266 g/mol. The van der Waals surface area contributed by atoms with Crippen molar-refractivity contribution in [2.75, 3.05) is 13.2 Å². The molecule has 1 aliphatic rings. The Labute approximate surface area is 111 Å². The molecule has 1 aromatic rings. The van der Waals surface area contributed by atoms with Gasteiger partial charge in [-0.3, -0.25) is 9.59 Å². The summed E-state index contributed by atoms with van der Waals surface area (Å²) >= 11 is 0. The molecule has 0 aliphatic carbocycles. The van der Waals surface area contributed by atoms with Crippen LogP contribution in [-0.2, 0) is 20.9 Å². The first-order valence-electron chi connectivity index (χ1n) is 6.41. The molecular weight excluding hydrogens is 248 g/mol. The second-order valence-electron chi connectivity index (χ2n) is 4.47. The molecule has 1 atom stereocenters. The van der Waals surface area contributed by atoms with E-state index in [-0.39, 0.29) is 24.3 Å². The Morgan fingerprint density at radius 3 is 2.84 bits per heavy atom. The highest BCUT2D eigenvalue weighted by Crippen LogP contribution is 2.10. The first-order valence-corrected chi connectivity index (χ1v) is 6.41. The highest BCUT2D eigenvalue weighted by Gasteiger charge is 2.17. The topological polar surface area (TPSA) is 80.6 Å². The molecule has 1 unspecified atom stereocenters. The number of amides is 2. The van der Waals surface area contributed by atoms with Gasteiger partial charge in [0.05, 0.1) is 18.9 Å². The second-order valence-corrected chi connectivity index (χ2v) is 4.47. The van der Waals surface area contributed by atoms with Crippen LogP contribution in [0.4, 0.5) is 0 Å². The summed E-state index contributed by atoms with van der Waals surface area (Å²) < 4.78 is 10.4. The summed E-state index contributed by atoms with van der Waals surface area (Å²) in [4.78, 5) is 23.0. The number of rotatable bonds is 6. The average Bonchev–Trinajstić information content (AvgIpc) is 3.07. The minimum absolute atomic E-state index is 0.0927. The lowest BCUT2D eigenvalue weighted by Gasteiger charge is -2.10. The van der Waals surface area contributed by atoms with Crippen molar-refractivity contribution in [1.82, 2.24) is 10.6 Å². The molecule has 0 radical (unpaired) electrons. The summed E-state index contributed by atoms with van der Waals surface area (Å²) in [6, 6.07) is 3.51. The summed E-state index contributed by atoms with van der Waals surface area (Å²) in [6.45, 7) is 1.53. The van der Waals surface area contributed by atoms with E-state index in [0.29, 0.717) is 18.8 Å². The molecule has 2 amide bonds.